The third-order valence-corrected chi connectivity index (χ3v) is 5.21. The van der Waals surface area contributed by atoms with E-state index in [2.05, 4.69) is 75.4 Å². The first-order valence-corrected chi connectivity index (χ1v) is 8.64. The molecule has 4 rings (SSSR count). The van der Waals surface area contributed by atoms with E-state index in [1.807, 2.05) is 0 Å². The SMILES string of the molecule is CC(C)(C)c1ccc2c(c1)C1=C(C=C(c3ccccc3)C1)CC2. The Labute approximate surface area is 139 Å². The first-order valence-electron chi connectivity index (χ1n) is 8.64. The first kappa shape index (κ1) is 14.5. The van der Waals surface area contributed by atoms with Gasteiger partial charge in [0, 0.05) is 0 Å². The molecule has 2 aliphatic rings. The Morgan fingerprint density at radius 3 is 2.39 bits per heavy atom. The van der Waals surface area contributed by atoms with Gasteiger partial charge in [0.2, 0.25) is 0 Å². The van der Waals surface area contributed by atoms with Crippen molar-refractivity contribution in [3.63, 3.8) is 0 Å². The highest BCUT2D eigenvalue weighted by Gasteiger charge is 2.25. The molecule has 0 saturated carbocycles. The molecule has 0 radical (unpaired) electrons. The van der Waals surface area contributed by atoms with Crippen LogP contribution in [0, 0.1) is 0 Å². The molecule has 2 aliphatic carbocycles. The Balaban J connectivity index is 1.73. The van der Waals surface area contributed by atoms with Gasteiger partial charge in [-0.05, 0) is 63.7 Å². The predicted molar refractivity (Wildman–Crippen MR) is 99.4 cm³/mol. The van der Waals surface area contributed by atoms with Crippen LogP contribution < -0.4 is 0 Å². The molecule has 0 amide bonds. The number of hydrogen-bond donors (Lipinski definition) is 0. The van der Waals surface area contributed by atoms with Gasteiger partial charge in [0.1, 0.15) is 0 Å². The summed E-state index contributed by atoms with van der Waals surface area (Å²) >= 11 is 0. The number of allylic oxidation sites excluding steroid dienone is 4. The lowest BCUT2D eigenvalue weighted by Gasteiger charge is -2.24. The fraction of sp³-hybridized carbons (Fsp3) is 0.304. The van der Waals surface area contributed by atoms with Crippen LogP contribution in [0.25, 0.3) is 11.1 Å². The number of rotatable bonds is 1. The third-order valence-electron chi connectivity index (χ3n) is 5.21. The minimum atomic E-state index is 0.210. The minimum Gasteiger partial charge on any atom is -0.0622 e. The van der Waals surface area contributed by atoms with Gasteiger partial charge < -0.3 is 0 Å². The van der Waals surface area contributed by atoms with E-state index in [9.17, 15) is 0 Å². The third kappa shape index (κ3) is 2.57. The molecule has 2 aromatic carbocycles. The highest BCUT2D eigenvalue weighted by Crippen LogP contribution is 2.44. The maximum atomic E-state index is 2.45. The van der Waals surface area contributed by atoms with Crippen LogP contribution in [-0.4, -0.2) is 0 Å². The van der Waals surface area contributed by atoms with Crippen LogP contribution in [0.5, 0.6) is 0 Å². The molecule has 0 aromatic heterocycles. The van der Waals surface area contributed by atoms with Crippen LogP contribution in [0.1, 0.15) is 55.9 Å². The summed E-state index contributed by atoms with van der Waals surface area (Å²) < 4.78 is 0. The molecule has 0 heteroatoms. The van der Waals surface area contributed by atoms with E-state index < -0.39 is 0 Å². The van der Waals surface area contributed by atoms with Crippen LogP contribution in [-0.2, 0) is 11.8 Å². The molecule has 2 aromatic rings. The molecule has 116 valence electrons. The highest BCUT2D eigenvalue weighted by molar-refractivity contribution is 5.91. The smallest absolute Gasteiger partial charge is 0.00110 e. The van der Waals surface area contributed by atoms with Crippen LogP contribution in [0.4, 0.5) is 0 Å². The fourth-order valence-electron chi connectivity index (χ4n) is 3.79. The van der Waals surface area contributed by atoms with E-state index in [0.717, 1.165) is 6.42 Å². The molecule has 0 aliphatic heterocycles. The lowest BCUT2D eigenvalue weighted by atomic mass is 9.80. The number of aryl methyl sites for hydroxylation is 1. The molecule has 0 saturated heterocycles. The Morgan fingerprint density at radius 1 is 0.870 bits per heavy atom. The fourth-order valence-corrected chi connectivity index (χ4v) is 3.79. The molecular weight excluding hydrogens is 276 g/mol. The second kappa shape index (κ2) is 5.23. The Hall–Kier alpha value is -2.08. The summed E-state index contributed by atoms with van der Waals surface area (Å²) in [6, 6.07) is 18.0. The van der Waals surface area contributed by atoms with Gasteiger partial charge in [0.15, 0.2) is 0 Å². The molecule has 0 unspecified atom stereocenters. The van der Waals surface area contributed by atoms with Gasteiger partial charge in [-0.1, -0.05) is 75.4 Å². The molecule has 0 heterocycles. The quantitative estimate of drug-likeness (QED) is 0.590. The van der Waals surface area contributed by atoms with Crippen molar-refractivity contribution in [1.82, 2.24) is 0 Å². The van der Waals surface area contributed by atoms with E-state index in [1.54, 1.807) is 11.1 Å². The van der Waals surface area contributed by atoms with E-state index >= 15 is 0 Å². The van der Waals surface area contributed by atoms with Crippen molar-refractivity contribution in [2.75, 3.05) is 0 Å². The number of benzene rings is 2. The normalized spacial score (nSPS) is 16.9. The van der Waals surface area contributed by atoms with Crippen molar-refractivity contribution < 1.29 is 0 Å². The average Bonchev–Trinajstić information content (AvgIpc) is 2.99. The first-order chi connectivity index (χ1) is 11.0. The highest BCUT2D eigenvalue weighted by atomic mass is 14.3. The second-order valence-corrected chi connectivity index (χ2v) is 7.84. The Morgan fingerprint density at radius 2 is 1.65 bits per heavy atom. The summed E-state index contributed by atoms with van der Waals surface area (Å²) in [5.41, 5.74) is 10.7. The average molecular weight is 300 g/mol. The molecule has 23 heavy (non-hydrogen) atoms. The molecular formula is C23H24. The van der Waals surface area contributed by atoms with Crippen molar-refractivity contribution in [3.05, 3.63) is 82.4 Å². The zero-order chi connectivity index (χ0) is 16.0. The predicted octanol–water partition coefficient (Wildman–Crippen LogP) is 6.17. The molecule has 0 fully saturated rings. The minimum absolute atomic E-state index is 0.210. The summed E-state index contributed by atoms with van der Waals surface area (Å²) in [5, 5.41) is 0. The molecule has 0 spiro atoms. The summed E-state index contributed by atoms with van der Waals surface area (Å²) in [7, 11) is 0. The van der Waals surface area contributed by atoms with Crippen LogP contribution in [0.15, 0.2) is 60.2 Å². The lowest BCUT2D eigenvalue weighted by molar-refractivity contribution is 0.589. The van der Waals surface area contributed by atoms with Gasteiger partial charge in [-0.3, -0.25) is 0 Å². The number of hydrogen-bond acceptors (Lipinski definition) is 0. The van der Waals surface area contributed by atoms with Gasteiger partial charge in [-0.2, -0.15) is 0 Å². The molecule has 0 nitrogen and oxygen atoms in total. The summed E-state index contributed by atoms with van der Waals surface area (Å²) in [6.45, 7) is 6.90. The van der Waals surface area contributed by atoms with E-state index in [4.69, 9.17) is 0 Å². The second-order valence-electron chi connectivity index (χ2n) is 7.84. The summed E-state index contributed by atoms with van der Waals surface area (Å²) in [5.74, 6) is 0. The largest absolute Gasteiger partial charge is 0.0622 e. The van der Waals surface area contributed by atoms with Crippen LogP contribution in [0.2, 0.25) is 0 Å². The molecule has 0 atom stereocenters. The maximum absolute atomic E-state index is 2.45. The number of fused-ring (bicyclic) bond motifs is 2. The van der Waals surface area contributed by atoms with Crippen molar-refractivity contribution in [2.45, 2.75) is 45.4 Å². The topological polar surface area (TPSA) is 0 Å². The van der Waals surface area contributed by atoms with Gasteiger partial charge in [0.05, 0.1) is 0 Å². The molecule has 0 N–H and O–H groups in total. The van der Waals surface area contributed by atoms with Crippen molar-refractivity contribution in [1.29, 1.82) is 0 Å². The van der Waals surface area contributed by atoms with Gasteiger partial charge in [0.25, 0.3) is 0 Å². The van der Waals surface area contributed by atoms with Crippen molar-refractivity contribution in [3.8, 4) is 0 Å². The zero-order valence-corrected chi connectivity index (χ0v) is 14.3. The van der Waals surface area contributed by atoms with Gasteiger partial charge in [-0.15, -0.1) is 0 Å². The monoisotopic (exact) mass is 300 g/mol. The lowest BCUT2D eigenvalue weighted by Crippen LogP contribution is -2.13. The van der Waals surface area contributed by atoms with Crippen LogP contribution >= 0.6 is 0 Å². The van der Waals surface area contributed by atoms with Crippen molar-refractivity contribution >= 4 is 11.1 Å². The maximum Gasteiger partial charge on any atom is -0.00110 e. The zero-order valence-electron chi connectivity index (χ0n) is 14.3. The standard InChI is InChI=1S/C23H24/c1-23(2,3)20-12-11-17-9-10-18-13-19(14-21(18)22(17)15-20)16-7-5-4-6-8-16/h4-8,11-13,15H,9-10,14H2,1-3H3. The van der Waals surface area contributed by atoms with Gasteiger partial charge in [-0.25, -0.2) is 0 Å². The Bertz CT molecular complexity index is 811. The Kier molecular flexibility index (Phi) is 3.30. The van der Waals surface area contributed by atoms with Gasteiger partial charge >= 0.3 is 0 Å². The summed E-state index contributed by atoms with van der Waals surface area (Å²) in [4.78, 5) is 0. The van der Waals surface area contributed by atoms with Crippen molar-refractivity contribution in [2.24, 2.45) is 0 Å². The van der Waals surface area contributed by atoms with E-state index in [-0.39, 0.29) is 5.41 Å². The molecule has 0 bridgehead atoms. The van der Waals surface area contributed by atoms with E-state index in [0.29, 0.717) is 0 Å². The van der Waals surface area contributed by atoms with E-state index in [1.165, 1.54) is 40.7 Å². The van der Waals surface area contributed by atoms with Crippen LogP contribution in [0.3, 0.4) is 0 Å². The summed E-state index contributed by atoms with van der Waals surface area (Å²) in [6.07, 6.45) is 5.89.